The maximum absolute atomic E-state index is 11.7. The van der Waals surface area contributed by atoms with Gasteiger partial charge in [-0.2, -0.15) is 0 Å². The van der Waals surface area contributed by atoms with Crippen molar-refractivity contribution >= 4 is 68.1 Å². The first-order valence-electron chi connectivity index (χ1n) is 16.8. The third-order valence-corrected chi connectivity index (χ3v) is 11.3. The molecule has 2 atom stereocenters. The Morgan fingerprint density at radius 2 is 1.88 bits per heavy atom. The number of rotatable bonds is 12. The minimum Gasteiger partial charge on any atom is -0.481 e. The lowest BCUT2D eigenvalue weighted by atomic mass is 9.99. The maximum atomic E-state index is 11.7. The van der Waals surface area contributed by atoms with Crippen molar-refractivity contribution < 1.29 is 19.4 Å². The molecule has 0 radical (unpaired) electrons. The highest BCUT2D eigenvalue weighted by Gasteiger charge is 2.31. The summed E-state index contributed by atoms with van der Waals surface area (Å²) in [7, 11) is 1.60. The topological polar surface area (TPSA) is 142 Å². The van der Waals surface area contributed by atoms with Crippen LogP contribution in [0.25, 0.3) is 32.6 Å². The van der Waals surface area contributed by atoms with E-state index in [1.165, 1.54) is 11.3 Å². The highest BCUT2D eigenvalue weighted by atomic mass is 35.5. The fourth-order valence-corrected chi connectivity index (χ4v) is 8.41. The molecule has 5 aromatic rings. The molecule has 5 heterocycles. The van der Waals surface area contributed by atoms with E-state index in [4.69, 9.17) is 37.9 Å². The summed E-state index contributed by atoms with van der Waals surface area (Å²) in [6, 6.07) is 15.0. The van der Waals surface area contributed by atoms with Gasteiger partial charge in [-0.25, -0.2) is 15.0 Å². The largest absolute Gasteiger partial charge is 0.481 e. The van der Waals surface area contributed by atoms with Gasteiger partial charge in [0.2, 0.25) is 11.8 Å². The van der Waals surface area contributed by atoms with Crippen LogP contribution in [-0.2, 0) is 22.7 Å². The van der Waals surface area contributed by atoms with Gasteiger partial charge in [-0.05, 0) is 56.5 Å². The number of hydrogen-bond donors (Lipinski definition) is 4. The van der Waals surface area contributed by atoms with Gasteiger partial charge >= 0.3 is 5.97 Å². The number of carbonyl (C=O) groups excluding carboxylic acids is 1. The summed E-state index contributed by atoms with van der Waals surface area (Å²) < 4.78 is 6.67. The number of carboxylic acid groups (broad SMARTS) is 1. The lowest BCUT2D eigenvalue weighted by Gasteiger charge is -2.19. The normalized spacial score (nSPS) is 17.6. The number of halogens is 2. The average Bonchev–Trinajstić information content (AvgIpc) is 3.87. The highest BCUT2D eigenvalue weighted by molar-refractivity contribution is 7.18. The Kier molecular flexibility index (Phi) is 10.4. The molecule has 0 unspecified atom stereocenters. The summed E-state index contributed by atoms with van der Waals surface area (Å²) in [6.07, 6.45) is 4.62. The first-order chi connectivity index (χ1) is 24.7. The van der Waals surface area contributed by atoms with Crippen LogP contribution in [0.3, 0.4) is 0 Å². The molecule has 4 N–H and O–H groups in total. The molecule has 0 aliphatic carbocycles. The number of methoxy groups -OCH3 is 1. The molecule has 11 nitrogen and oxygen atoms in total. The van der Waals surface area contributed by atoms with Crippen LogP contribution < -0.4 is 20.7 Å². The Morgan fingerprint density at radius 3 is 2.65 bits per heavy atom. The van der Waals surface area contributed by atoms with Gasteiger partial charge in [0.1, 0.15) is 16.6 Å². The molecule has 1 amide bonds. The Balaban J connectivity index is 1.13. The quantitative estimate of drug-likeness (QED) is 0.104. The van der Waals surface area contributed by atoms with Crippen LogP contribution in [0.1, 0.15) is 41.8 Å². The van der Waals surface area contributed by atoms with Crippen molar-refractivity contribution in [3.63, 3.8) is 0 Å². The Morgan fingerprint density at radius 1 is 1.10 bits per heavy atom. The number of thiazole rings is 1. The van der Waals surface area contributed by atoms with Crippen molar-refractivity contribution in [3.05, 3.63) is 80.9 Å². The lowest BCUT2D eigenvalue weighted by Crippen LogP contribution is -2.35. The van der Waals surface area contributed by atoms with Gasteiger partial charge in [0.15, 0.2) is 5.82 Å². The van der Waals surface area contributed by atoms with E-state index in [-0.39, 0.29) is 11.9 Å². The second-order valence-electron chi connectivity index (χ2n) is 12.8. The van der Waals surface area contributed by atoms with Crippen LogP contribution in [0.15, 0.2) is 54.7 Å². The zero-order chi connectivity index (χ0) is 35.6. The van der Waals surface area contributed by atoms with Crippen molar-refractivity contribution in [2.24, 2.45) is 0 Å². The summed E-state index contributed by atoms with van der Waals surface area (Å²) in [6.45, 7) is 4.44. The first kappa shape index (κ1) is 35.1. The van der Waals surface area contributed by atoms with Gasteiger partial charge in [-0.3, -0.25) is 14.5 Å². The number of carboxylic acids is 1. The number of hydrogen-bond acceptors (Lipinski definition) is 10. The van der Waals surface area contributed by atoms with Crippen molar-refractivity contribution in [1.82, 2.24) is 30.5 Å². The maximum Gasteiger partial charge on any atom is 0.320 e. The Hall–Kier alpha value is -4.33. The molecule has 0 spiro atoms. The summed E-state index contributed by atoms with van der Waals surface area (Å²) in [5.74, 6) is 0.363. The van der Waals surface area contributed by atoms with Gasteiger partial charge in [-0.15, -0.1) is 11.3 Å². The fraction of sp³-hybridized carbons (Fsp3) is 0.324. The number of nitrogens with one attached hydrogen (secondary N) is 3. The minimum atomic E-state index is -0.793. The van der Waals surface area contributed by atoms with Gasteiger partial charge in [0.25, 0.3) is 0 Å². The predicted octanol–water partition coefficient (Wildman–Crippen LogP) is 7.20. The predicted molar refractivity (Wildman–Crippen MR) is 201 cm³/mol. The number of pyridine rings is 2. The third kappa shape index (κ3) is 7.38. The summed E-state index contributed by atoms with van der Waals surface area (Å²) in [5, 5.41) is 21.2. The van der Waals surface area contributed by atoms with E-state index >= 15 is 0 Å². The summed E-state index contributed by atoms with van der Waals surface area (Å²) in [5.41, 5.74) is 6.17. The van der Waals surface area contributed by atoms with Crippen molar-refractivity contribution in [1.29, 1.82) is 0 Å². The van der Waals surface area contributed by atoms with Gasteiger partial charge in [-0.1, -0.05) is 53.5 Å². The number of carbonyl (C=O) groups is 2. The summed E-state index contributed by atoms with van der Waals surface area (Å²) >= 11 is 15.7. The minimum absolute atomic E-state index is 0.0943. The van der Waals surface area contributed by atoms with Crippen molar-refractivity contribution in [2.75, 3.05) is 25.5 Å². The van der Waals surface area contributed by atoms with Gasteiger partial charge in [0, 0.05) is 54.0 Å². The SMILES string of the molecule is COc1nc(-c2cccc(-c3cccc(Nc4nccc5sc(CN6CCC[C@@H]6C(=O)O)nc45)c3Cl)c2Cl)cc(C)c1CNC[C@@H]1CCC(=O)N1. The van der Waals surface area contributed by atoms with E-state index in [0.717, 1.165) is 56.9 Å². The van der Waals surface area contributed by atoms with Crippen LogP contribution in [0.5, 0.6) is 5.88 Å². The zero-order valence-electron chi connectivity index (χ0n) is 28.1. The second kappa shape index (κ2) is 15.1. The molecular formula is C37H37Cl2N7O4S. The number of ether oxygens (including phenoxy) is 1. The standard InChI is InChI=1S/C37H37Cl2N7O4S/c1-20-16-27(44-36(50-2)25(20)18-40-17-21-11-12-30(47)42-21)24-8-3-6-22(32(24)38)23-7-4-9-26(33(23)39)43-35-34-29(13-14-41-35)51-31(45-34)19-46-15-5-10-28(46)37(48)49/h3-4,6-9,13-14,16,21,28,40H,5,10-12,15,17-19H2,1-2H3,(H,41,43)(H,42,47)(H,48,49)/t21-,28+/m0/s1. The van der Waals surface area contributed by atoms with E-state index in [0.29, 0.717) is 71.1 Å². The Bertz CT molecular complexity index is 2130. The third-order valence-electron chi connectivity index (χ3n) is 9.44. The Labute approximate surface area is 309 Å². The number of aryl methyl sites for hydroxylation is 1. The number of aliphatic carboxylic acids is 1. The number of amides is 1. The molecule has 264 valence electrons. The molecule has 2 aromatic carbocycles. The molecule has 2 aliphatic rings. The van der Waals surface area contributed by atoms with Crippen molar-refractivity contribution in [3.8, 4) is 28.3 Å². The number of anilines is 2. The number of likely N-dealkylation sites (tertiary alicyclic amines) is 1. The number of benzene rings is 2. The summed E-state index contributed by atoms with van der Waals surface area (Å²) in [4.78, 5) is 39.5. The van der Waals surface area contributed by atoms with Crippen LogP contribution in [0.2, 0.25) is 10.0 Å². The number of fused-ring (bicyclic) bond motifs is 1. The van der Waals surface area contributed by atoms with E-state index in [2.05, 4.69) is 20.9 Å². The van der Waals surface area contributed by atoms with Crippen molar-refractivity contribution in [2.45, 2.75) is 57.8 Å². The van der Waals surface area contributed by atoms with E-state index < -0.39 is 12.0 Å². The fourth-order valence-electron chi connectivity index (χ4n) is 6.82. The molecule has 0 saturated carbocycles. The van der Waals surface area contributed by atoms with Gasteiger partial charge < -0.3 is 25.8 Å². The van der Waals surface area contributed by atoms with E-state index in [1.807, 2.05) is 60.4 Å². The molecule has 2 aliphatic heterocycles. The monoisotopic (exact) mass is 745 g/mol. The first-order valence-corrected chi connectivity index (χ1v) is 18.4. The molecule has 0 bridgehead atoms. The zero-order valence-corrected chi connectivity index (χ0v) is 30.5. The van der Waals surface area contributed by atoms with E-state index in [9.17, 15) is 14.7 Å². The van der Waals surface area contributed by atoms with E-state index in [1.54, 1.807) is 13.3 Å². The van der Waals surface area contributed by atoms with Crippen LogP contribution in [0.4, 0.5) is 11.5 Å². The van der Waals surface area contributed by atoms with Crippen LogP contribution >= 0.6 is 34.5 Å². The molecule has 7 rings (SSSR count). The number of aromatic nitrogens is 3. The molecular weight excluding hydrogens is 709 g/mol. The second-order valence-corrected chi connectivity index (χ2v) is 14.7. The number of nitrogens with zero attached hydrogens (tertiary/aromatic N) is 4. The van der Waals surface area contributed by atoms with Crippen LogP contribution in [0, 0.1) is 6.92 Å². The average molecular weight is 747 g/mol. The lowest BCUT2D eigenvalue weighted by molar-refractivity contribution is -0.142. The smallest absolute Gasteiger partial charge is 0.320 e. The molecule has 51 heavy (non-hydrogen) atoms. The molecule has 2 fully saturated rings. The van der Waals surface area contributed by atoms with Gasteiger partial charge in [0.05, 0.1) is 39.8 Å². The van der Waals surface area contributed by atoms with Crippen LogP contribution in [-0.4, -0.2) is 69.1 Å². The molecule has 2 saturated heterocycles. The molecule has 14 heteroatoms. The highest BCUT2D eigenvalue weighted by Crippen LogP contribution is 2.43. The molecule has 3 aromatic heterocycles.